The van der Waals surface area contributed by atoms with Gasteiger partial charge in [-0.05, 0) is 112 Å². The van der Waals surface area contributed by atoms with Gasteiger partial charge < -0.3 is 20.4 Å². The van der Waals surface area contributed by atoms with Crippen molar-refractivity contribution in [2.24, 2.45) is 52.3 Å². The molecule has 5 nitrogen and oxygen atoms in total. The molecule has 0 heterocycles. The first-order chi connectivity index (χ1) is 15.4. The molecule has 188 valence electrons. The van der Waals surface area contributed by atoms with Crippen LogP contribution in [-0.4, -0.2) is 44.7 Å². The van der Waals surface area contributed by atoms with Crippen molar-refractivity contribution < 1.29 is 25.2 Å². The first-order valence-corrected chi connectivity index (χ1v) is 13.3. The van der Waals surface area contributed by atoms with Gasteiger partial charge in [0.15, 0.2) is 0 Å². The standard InChI is InChI=1S/C28H46O5/c1-15(17(3)26(32)33)6-7-16(2)20-8-9-21-25-22(14-24(31)28(20,21)5)27(4)11-10-19(29)12-18(27)13-23(25)30/h6,16-25,29-31H,7-14H2,1-5H3,(H,32,33)/b15-6+/t16-,17?,18+,19-,20-,21+,22+,23-,24+,25+,27+,28-/m1/s1. The van der Waals surface area contributed by atoms with E-state index >= 15 is 0 Å². The molecule has 0 amide bonds. The fourth-order valence-electron chi connectivity index (χ4n) is 9.04. The third-order valence-corrected chi connectivity index (χ3v) is 11.4. The third kappa shape index (κ3) is 4.00. The van der Waals surface area contributed by atoms with Crippen molar-refractivity contribution in [2.45, 2.75) is 104 Å². The normalized spacial score (nSPS) is 49.5. The maximum atomic E-state index is 11.7. The second-order valence-corrected chi connectivity index (χ2v) is 12.7. The molecule has 5 heteroatoms. The SMILES string of the molecule is C/C(=C\C[C@@H](C)[C@H]1CC[C@H]2[C@@H]3[C@H](O)C[C@@H]4C[C@H](O)CC[C@]4(C)[C@H]3C[C@H](O)[C@]12C)C(C)C(=O)O. The highest BCUT2D eigenvalue weighted by Gasteiger charge is 2.65. The first-order valence-electron chi connectivity index (χ1n) is 13.3. The molecule has 4 rings (SSSR count). The van der Waals surface area contributed by atoms with Gasteiger partial charge in [-0.3, -0.25) is 4.79 Å². The van der Waals surface area contributed by atoms with Crippen molar-refractivity contribution in [2.75, 3.05) is 0 Å². The van der Waals surface area contributed by atoms with Crippen LogP contribution in [0, 0.1) is 52.3 Å². The van der Waals surface area contributed by atoms with E-state index in [-0.39, 0.29) is 35.1 Å². The van der Waals surface area contributed by atoms with Gasteiger partial charge >= 0.3 is 5.97 Å². The Labute approximate surface area is 199 Å². The molecular weight excluding hydrogens is 416 g/mol. The van der Waals surface area contributed by atoms with Crippen LogP contribution < -0.4 is 0 Å². The number of carboxylic acid groups (broad SMARTS) is 1. The average molecular weight is 463 g/mol. The van der Waals surface area contributed by atoms with Crippen LogP contribution in [0.3, 0.4) is 0 Å². The molecular formula is C28H46O5. The molecule has 4 fully saturated rings. The fourth-order valence-corrected chi connectivity index (χ4v) is 9.04. The third-order valence-electron chi connectivity index (χ3n) is 11.4. The summed E-state index contributed by atoms with van der Waals surface area (Å²) in [7, 11) is 0. The summed E-state index contributed by atoms with van der Waals surface area (Å²) in [6.07, 6.45) is 8.23. The Hall–Kier alpha value is -0.910. The molecule has 4 N–H and O–H groups in total. The van der Waals surface area contributed by atoms with Crippen molar-refractivity contribution in [3.8, 4) is 0 Å². The molecule has 1 unspecified atom stereocenters. The molecule has 0 aromatic rings. The van der Waals surface area contributed by atoms with Gasteiger partial charge in [0.05, 0.1) is 24.2 Å². The Kier molecular flexibility index (Phi) is 6.83. The summed E-state index contributed by atoms with van der Waals surface area (Å²) in [4.78, 5) is 11.3. The lowest BCUT2D eigenvalue weighted by atomic mass is 9.43. The van der Waals surface area contributed by atoms with E-state index in [0.29, 0.717) is 29.6 Å². The summed E-state index contributed by atoms with van der Waals surface area (Å²) >= 11 is 0. The minimum absolute atomic E-state index is 0.0992. The van der Waals surface area contributed by atoms with E-state index in [9.17, 15) is 25.2 Å². The van der Waals surface area contributed by atoms with E-state index < -0.39 is 11.9 Å². The Morgan fingerprint density at radius 2 is 1.73 bits per heavy atom. The zero-order valence-electron chi connectivity index (χ0n) is 21.2. The number of aliphatic carboxylic acids is 1. The molecule has 33 heavy (non-hydrogen) atoms. The number of carbonyl (C=O) groups is 1. The molecule has 0 bridgehead atoms. The van der Waals surface area contributed by atoms with Gasteiger partial charge in [0, 0.05) is 0 Å². The number of allylic oxidation sites excluding steroid dienone is 1. The van der Waals surface area contributed by atoms with Gasteiger partial charge in [-0.25, -0.2) is 0 Å². The average Bonchev–Trinajstić information content (AvgIpc) is 3.11. The maximum absolute atomic E-state index is 11.7. The molecule has 4 aliphatic carbocycles. The molecule has 0 aromatic heterocycles. The Morgan fingerprint density at radius 3 is 2.39 bits per heavy atom. The van der Waals surface area contributed by atoms with Crippen LogP contribution in [0.5, 0.6) is 0 Å². The number of fused-ring (bicyclic) bond motifs is 5. The van der Waals surface area contributed by atoms with Gasteiger partial charge in [0.2, 0.25) is 0 Å². The summed E-state index contributed by atoms with van der Waals surface area (Å²) in [5, 5.41) is 42.6. The Morgan fingerprint density at radius 1 is 1.03 bits per heavy atom. The number of aliphatic hydroxyl groups is 3. The molecule has 4 saturated carbocycles. The smallest absolute Gasteiger partial charge is 0.310 e. The molecule has 0 aliphatic heterocycles. The van der Waals surface area contributed by atoms with E-state index in [1.54, 1.807) is 6.92 Å². The Bertz CT molecular complexity index is 778. The molecule has 0 radical (unpaired) electrons. The van der Waals surface area contributed by atoms with E-state index in [0.717, 1.165) is 56.9 Å². The monoisotopic (exact) mass is 462 g/mol. The minimum Gasteiger partial charge on any atom is -0.481 e. The minimum atomic E-state index is -0.786. The number of hydrogen-bond acceptors (Lipinski definition) is 4. The molecule has 12 atom stereocenters. The van der Waals surface area contributed by atoms with E-state index in [4.69, 9.17) is 0 Å². The predicted octanol–water partition coefficient (Wildman–Crippen LogP) is 4.64. The van der Waals surface area contributed by atoms with Crippen molar-refractivity contribution in [1.29, 1.82) is 0 Å². The van der Waals surface area contributed by atoms with Crippen LogP contribution in [0.25, 0.3) is 0 Å². The summed E-state index contributed by atoms with van der Waals surface area (Å²) in [5.41, 5.74) is 0.792. The fraction of sp³-hybridized carbons (Fsp3) is 0.893. The van der Waals surface area contributed by atoms with Crippen LogP contribution in [0.2, 0.25) is 0 Å². The number of aliphatic hydroxyl groups excluding tert-OH is 3. The van der Waals surface area contributed by atoms with Crippen LogP contribution in [0.4, 0.5) is 0 Å². The topological polar surface area (TPSA) is 98.0 Å². The predicted molar refractivity (Wildman–Crippen MR) is 128 cm³/mol. The zero-order chi connectivity index (χ0) is 24.3. The molecule has 0 aromatic carbocycles. The second kappa shape index (κ2) is 8.95. The number of rotatable bonds is 5. The highest BCUT2D eigenvalue weighted by atomic mass is 16.4. The van der Waals surface area contributed by atoms with Gasteiger partial charge in [-0.15, -0.1) is 0 Å². The second-order valence-electron chi connectivity index (χ2n) is 12.7. The lowest BCUT2D eigenvalue weighted by molar-refractivity contribution is -0.206. The highest BCUT2D eigenvalue weighted by Crippen LogP contribution is 2.68. The summed E-state index contributed by atoms with van der Waals surface area (Å²) in [6, 6.07) is 0. The van der Waals surface area contributed by atoms with Crippen molar-refractivity contribution in [3.63, 3.8) is 0 Å². The number of hydrogen-bond donors (Lipinski definition) is 4. The van der Waals surface area contributed by atoms with Crippen molar-refractivity contribution >= 4 is 5.97 Å². The van der Waals surface area contributed by atoms with Gasteiger partial charge in [0.25, 0.3) is 0 Å². The maximum Gasteiger partial charge on any atom is 0.310 e. The Balaban J connectivity index is 1.56. The zero-order valence-corrected chi connectivity index (χ0v) is 21.2. The molecule has 0 saturated heterocycles. The van der Waals surface area contributed by atoms with E-state index in [1.807, 2.05) is 6.92 Å². The van der Waals surface area contributed by atoms with Crippen LogP contribution >= 0.6 is 0 Å². The largest absolute Gasteiger partial charge is 0.481 e. The number of carboxylic acids is 1. The van der Waals surface area contributed by atoms with Gasteiger partial charge in [-0.2, -0.15) is 0 Å². The van der Waals surface area contributed by atoms with Crippen LogP contribution in [0.1, 0.15) is 86.0 Å². The summed E-state index contributed by atoms with van der Waals surface area (Å²) in [6.45, 7) is 10.5. The van der Waals surface area contributed by atoms with Crippen molar-refractivity contribution in [1.82, 2.24) is 0 Å². The van der Waals surface area contributed by atoms with E-state index in [2.05, 4.69) is 26.8 Å². The lowest BCUT2D eigenvalue weighted by Crippen LogP contribution is -2.62. The van der Waals surface area contributed by atoms with Crippen molar-refractivity contribution in [3.05, 3.63) is 11.6 Å². The summed E-state index contributed by atoms with van der Waals surface area (Å²) in [5.74, 6) is 0.688. The highest BCUT2D eigenvalue weighted by molar-refractivity contribution is 5.72. The first kappa shape index (κ1) is 25.2. The van der Waals surface area contributed by atoms with Crippen LogP contribution in [0.15, 0.2) is 11.6 Å². The quantitative estimate of drug-likeness (QED) is 0.446. The van der Waals surface area contributed by atoms with Crippen LogP contribution in [-0.2, 0) is 4.79 Å². The lowest BCUT2D eigenvalue weighted by Gasteiger charge is -2.63. The van der Waals surface area contributed by atoms with E-state index in [1.165, 1.54) is 0 Å². The molecule has 0 spiro atoms. The van der Waals surface area contributed by atoms with Gasteiger partial charge in [-0.1, -0.05) is 32.4 Å². The van der Waals surface area contributed by atoms with Gasteiger partial charge in [0.1, 0.15) is 0 Å². The molecule has 4 aliphatic rings. The summed E-state index contributed by atoms with van der Waals surface area (Å²) < 4.78 is 0.